The molecule has 0 aromatic rings. The standard InChI is InChI=1S/C22H35BrN2O6/c1-6-8-12(5)24-19(27)18-22-9-13(23)17(31-22)15(21(29)30-7-2)16(22)20(28)25(18)14(10-26)11(3)4/h11-18,26H,6-10H2,1-5H3,(H,24,27)/t12?,13?,14-,15+,16-,17+,18?,22?/m0/s1. The molecule has 8 nitrogen and oxygen atoms in total. The molecule has 1 spiro atoms. The number of carbonyl (C=O) groups is 3. The van der Waals surface area contributed by atoms with Crippen LogP contribution in [0.15, 0.2) is 0 Å². The number of ether oxygens (including phenoxy) is 2. The minimum Gasteiger partial charge on any atom is -0.466 e. The van der Waals surface area contributed by atoms with E-state index >= 15 is 0 Å². The summed E-state index contributed by atoms with van der Waals surface area (Å²) in [5.74, 6) is -2.72. The molecular formula is C22H35BrN2O6. The second-order valence-electron chi connectivity index (χ2n) is 9.35. The molecule has 0 radical (unpaired) electrons. The lowest BCUT2D eigenvalue weighted by Crippen LogP contribution is -2.60. The van der Waals surface area contributed by atoms with Crippen LogP contribution in [0.5, 0.6) is 0 Å². The molecule has 3 aliphatic rings. The number of aliphatic hydroxyl groups excluding tert-OH is 1. The summed E-state index contributed by atoms with van der Waals surface area (Å²) in [5.41, 5.74) is -1.12. The lowest BCUT2D eigenvalue weighted by atomic mass is 9.70. The minimum atomic E-state index is -1.12. The summed E-state index contributed by atoms with van der Waals surface area (Å²) < 4.78 is 11.7. The van der Waals surface area contributed by atoms with Crippen molar-refractivity contribution in [3.05, 3.63) is 0 Å². The molecule has 0 saturated carbocycles. The molecule has 8 atom stereocenters. The Morgan fingerprint density at radius 3 is 2.58 bits per heavy atom. The van der Waals surface area contributed by atoms with Crippen molar-refractivity contribution >= 4 is 33.7 Å². The molecule has 2 bridgehead atoms. The Morgan fingerprint density at radius 1 is 1.35 bits per heavy atom. The van der Waals surface area contributed by atoms with E-state index in [4.69, 9.17) is 9.47 Å². The molecule has 0 aromatic carbocycles. The fraction of sp³-hybridized carbons (Fsp3) is 0.864. The maximum atomic E-state index is 13.8. The summed E-state index contributed by atoms with van der Waals surface area (Å²) in [6, 6.07) is -1.52. The number of fused-ring (bicyclic) bond motifs is 1. The van der Waals surface area contributed by atoms with Crippen LogP contribution in [-0.2, 0) is 23.9 Å². The third-order valence-electron chi connectivity index (χ3n) is 6.96. The third-order valence-corrected chi connectivity index (χ3v) is 7.80. The van der Waals surface area contributed by atoms with Gasteiger partial charge >= 0.3 is 5.97 Å². The zero-order chi connectivity index (χ0) is 23.1. The first kappa shape index (κ1) is 24.5. The number of hydrogen-bond donors (Lipinski definition) is 2. The number of nitrogens with one attached hydrogen (secondary N) is 1. The van der Waals surface area contributed by atoms with Gasteiger partial charge in [0.2, 0.25) is 11.8 Å². The van der Waals surface area contributed by atoms with E-state index in [-0.39, 0.29) is 41.8 Å². The Kier molecular flexibility index (Phi) is 7.38. The van der Waals surface area contributed by atoms with E-state index < -0.39 is 41.6 Å². The maximum Gasteiger partial charge on any atom is 0.312 e. The van der Waals surface area contributed by atoms with Crippen molar-refractivity contribution in [2.75, 3.05) is 13.2 Å². The van der Waals surface area contributed by atoms with E-state index in [1.165, 1.54) is 4.90 Å². The molecule has 3 aliphatic heterocycles. The van der Waals surface area contributed by atoms with Crippen LogP contribution < -0.4 is 5.32 Å². The van der Waals surface area contributed by atoms with Gasteiger partial charge < -0.3 is 24.8 Å². The first-order chi connectivity index (χ1) is 14.6. The van der Waals surface area contributed by atoms with E-state index in [1.54, 1.807) is 6.92 Å². The van der Waals surface area contributed by atoms with E-state index in [0.29, 0.717) is 6.42 Å². The summed E-state index contributed by atoms with van der Waals surface area (Å²) in [6.07, 6.45) is 1.65. The summed E-state index contributed by atoms with van der Waals surface area (Å²) >= 11 is 3.62. The van der Waals surface area contributed by atoms with Gasteiger partial charge in [0.15, 0.2) is 0 Å². The van der Waals surface area contributed by atoms with E-state index in [9.17, 15) is 19.5 Å². The van der Waals surface area contributed by atoms with Crippen molar-refractivity contribution in [2.24, 2.45) is 17.8 Å². The lowest BCUT2D eigenvalue weighted by Gasteiger charge is -2.38. The van der Waals surface area contributed by atoms with Crippen molar-refractivity contribution in [1.82, 2.24) is 10.2 Å². The Balaban J connectivity index is 2.06. The number of nitrogens with zero attached hydrogens (tertiary/aromatic N) is 1. The van der Waals surface area contributed by atoms with Gasteiger partial charge in [0.25, 0.3) is 0 Å². The second kappa shape index (κ2) is 9.35. The highest BCUT2D eigenvalue weighted by Crippen LogP contribution is 2.60. The fourth-order valence-corrected chi connectivity index (χ4v) is 6.62. The normalized spacial score (nSPS) is 35.9. The molecule has 3 saturated heterocycles. The average molecular weight is 503 g/mol. The smallest absolute Gasteiger partial charge is 0.312 e. The van der Waals surface area contributed by atoms with Crippen LogP contribution in [0.2, 0.25) is 0 Å². The average Bonchev–Trinajstić information content (AvgIpc) is 3.26. The number of hydrogen-bond acceptors (Lipinski definition) is 6. The molecule has 9 heteroatoms. The van der Waals surface area contributed by atoms with Crippen molar-refractivity contribution in [2.45, 2.75) is 88.5 Å². The maximum absolute atomic E-state index is 13.8. The number of likely N-dealkylation sites (tertiary alicyclic amines) is 1. The van der Waals surface area contributed by atoms with Crippen LogP contribution in [0, 0.1) is 17.8 Å². The van der Waals surface area contributed by atoms with Crippen molar-refractivity contribution in [3.8, 4) is 0 Å². The number of amides is 2. The van der Waals surface area contributed by atoms with Gasteiger partial charge in [-0.2, -0.15) is 0 Å². The molecule has 0 aromatic heterocycles. The Hall–Kier alpha value is -1.19. The van der Waals surface area contributed by atoms with Crippen molar-refractivity contribution in [1.29, 1.82) is 0 Å². The van der Waals surface area contributed by atoms with Gasteiger partial charge in [-0.05, 0) is 32.6 Å². The molecule has 4 unspecified atom stereocenters. The molecule has 176 valence electrons. The molecule has 0 aliphatic carbocycles. The number of rotatable bonds is 9. The minimum absolute atomic E-state index is 0.0595. The van der Waals surface area contributed by atoms with Crippen LogP contribution in [0.25, 0.3) is 0 Å². The monoisotopic (exact) mass is 502 g/mol. The van der Waals surface area contributed by atoms with Crippen LogP contribution in [0.3, 0.4) is 0 Å². The molecule has 3 rings (SSSR count). The first-order valence-electron chi connectivity index (χ1n) is 11.4. The highest BCUT2D eigenvalue weighted by Gasteiger charge is 2.77. The van der Waals surface area contributed by atoms with Crippen LogP contribution in [0.4, 0.5) is 0 Å². The fourth-order valence-electron chi connectivity index (χ4n) is 5.68. The molecule has 2 N–H and O–H groups in total. The number of esters is 1. The van der Waals surface area contributed by atoms with E-state index in [0.717, 1.165) is 12.8 Å². The first-order valence-corrected chi connectivity index (χ1v) is 12.3. The SMILES string of the molecule is CCCC(C)NC(=O)C1N([C@@H](CO)C(C)C)C(=O)[C@@H]2[C@@H](C(=O)OCC)[C@@H]3OC12CC3Br. The highest BCUT2D eigenvalue weighted by atomic mass is 79.9. The number of aliphatic hydroxyl groups is 1. The summed E-state index contributed by atoms with van der Waals surface area (Å²) in [4.78, 5) is 41.5. The lowest BCUT2D eigenvalue weighted by molar-refractivity contribution is -0.155. The van der Waals surface area contributed by atoms with E-state index in [1.807, 2.05) is 27.7 Å². The Bertz CT molecular complexity index is 718. The number of carbonyl (C=O) groups excluding carboxylic acids is 3. The zero-order valence-electron chi connectivity index (χ0n) is 19.0. The summed E-state index contributed by atoms with van der Waals surface area (Å²) in [7, 11) is 0. The van der Waals surface area contributed by atoms with Gasteiger partial charge in [-0.3, -0.25) is 14.4 Å². The van der Waals surface area contributed by atoms with Gasteiger partial charge in [0.1, 0.15) is 11.6 Å². The van der Waals surface area contributed by atoms with Crippen LogP contribution >= 0.6 is 15.9 Å². The molecular weight excluding hydrogens is 468 g/mol. The van der Waals surface area contributed by atoms with Crippen molar-refractivity contribution in [3.63, 3.8) is 0 Å². The van der Waals surface area contributed by atoms with Gasteiger partial charge in [0.05, 0.1) is 37.2 Å². The van der Waals surface area contributed by atoms with Gasteiger partial charge in [-0.25, -0.2) is 0 Å². The third kappa shape index (κ3) is 3.91. The molecule has 3 fully saturated rings. The van der Waals surface area contributed by atoms with E-state index in [2.05, 4.69) is 21.2 Å². The predicted octanol–water partition coefficient (Wildman–Crippen LogP) is 1.62. The topological polar surface area (TPSA) is 105 Å². The Labute approximate surface area is 192 Å². The zero-order valence-corrected chi connectivity index (χ0v) is 20.6. The van der Waals surface area contributed by atoms with Gasteiger partial charge in [0, 0.05) is 10.9 Å². The van der Waals surface area contributed by atoms with Crippen molar-refractivity contribution < 1.29 is 29.0 Å². The number of halogens is 1. The van der Waals surface area contributed by atoms with Crippen LogP contribution in [-0.4, -0.2) is 75.7 Å². The molecule has 31 heavy (non-hydrogen) atoms. The summed E-state index contributed by atoms with van der Waals surface area (Å²) in [6.45, 7) is 9.45. The largest absolute Gasteiger partial charge is 0.466 e. The van der Waals surface area contributed by atoms with Crippen LogP contribution in [0.1, 0.15) is 53.9 Å². The predicted molar refractivity (Wildman–Crippen MR) is 117 cm³/mol. The summed E-state index contributed by atoms with van der Waals surface area (Å²) in [5, 5.41) is 13.2. The van der Waals surface area contributed by atoms with Gasteiger partial charge in [-0.1, -0.05) is 43.1 Å². The second-order valence-corrected chi connectivity index (χ2v) is 10.5. The number of alkyl halides is 1. The molecule has 3 heterocycles. The quantitative estimate of drug-likeness (QED) is 0.366. The molecule has 2 amide bonds. The highest BCUT2D eigenvalue weighted by molar-refractivity contribution is 9.09. The Morgan fingerprint density at radius 2 is 2.03 bits per heavy atom. The van der Waals surface area contributed by atoms with Gasteiger partial charge in [-0.15, -0.1) is 0 Å².